The van der Waals surface area contributed by atoms with Crippen LogP contribution in [0.15, 0.2) is 48.5 Å². The molecule has 0 bridgehead atoms. The van der Waals surface area contributed by atoms with Crippen LogP contribution in [-0.2, 0) is 32.3 Å². The van der Waals surface area contributed by atoms with E-state index >= 15 is 0 Å². The highest BCUT2D eigenvalue weighted by molar-refractivity contribution is 5.80. The number of hydrogen-bond acceptors (Lipinski definition) is 6. The van der Waals surface area contributed by atoms with Crippen molar-refractivity contribution in [3.63, 3.8) is 0 Å². The Kier molecular flexibility index (Phi) is 10.4. The lowest BCUT2D eigenvalue weighted by molar-refractivity contribution is -0.257. The third kappa shape index (κ3) is 7.97. The molecule has 0 saturated heterocycles. The normalized spacial score (nSPS) is 16.8. The Labute approximate surface area is 227 Å². The summed E-state index contributed by atoms with van der Waals surface area (Å²) in [5, 5.41) is 18.7. The number of carbonyl (C=O) groups excluding carboxylic acids is 2. The van der Waals surface area contributed by atoms with E-state index < -0.39 is 48.7 Å². The van der Waals surface area contributed by atoms with Crippen molar-refractivity contribution in [2.24, 2.45) is 0 Å². The first-order valence-corrected chi connectivity index (χ1v) is 12.4. The quantitative estimate of drug-likeness (QED) is 0.248. The Hall–Kier alpha value is -3.12. The predicted molar refractivity (Wildman–Crippen MR) is 132 cm³/mol. The van der Waals surface area contributed by atoms with E-state index in [9.17, 15) is 46.1 Å². The fourth-order valence-electron chi connectivity index (χ4n) is 3.74. The molecule has 0 radical (unpaired) electrons. The zero-order valence-electron chi connectivity index (χ0n) is 22.4. The fraction of sp³-hybridized carbons (Fsp3) is 0.500. The van der Waals surface area contributed by atoms with Crippen molar-refractivity contribution in [1.29, 1.82) is 0 Å². The predicted octanol–water partition coefficient (Wildman–Crippen LogP) is 6.09. The molecule has 4 atom stereocenters. The second kappa shape index (κ2) is 12.6. The number of esters is 2. The van der Waals surface area contributed by atoms with E-state index in [4.69, 9.17) is 0 Å². The molecule has 0 saturated carbocycles. The van der Waals surface area contributed by atoms with Crippen molar-refractivity contribution in [3.05, 3.63) is 70.8 Å². The standard InChI is InChI=1S/C28H32F6O6/c1-5-20(22-12-8-19(9-13-22)16-40-24(36)26(4,38)28(32,33)34)14-17(2)21-10-6-18(7-11-21)15-39-23(35)25(3,37)27(29,30)31/h6-13,17,20,37-38H,5,14-16H2,1-4H3. The van der Waals surface area contributed by atoms with Gasteiger partial charge in [0.2, 0.25) is 0 Å². The zero-order chi connectivity index (χ0) is 30.5. The molecule has 0 amide bonds. The average molecular weight is 579 g/mol. The maximum Gasteiger partial charge on any atom is 0.427 e. The van der Waals surface area contributed by atoms with Crippen molar-refractivity contribution in [3.8, 4) is 0 Å². The van der Waals surface area contributed by atoms with E-state index in [1.807, 2.05) is 13.8 Å². The van der Waals surface area contributed by atoms with Crippen molar-refractivity contribution >= 4 is 11.9 Å². The lowest BCUT2D eigenvalue weighted by Crippen LogP contribution is -2.50. The number of hydrogen-bond donors (Lipinski definition) is 2. The number of ether oxygens (including phenoxy) is 2. The SMILES string of the molecule is CCC(CC(C)c1ccc(COC(=O)C(C)(O)C(F)(F)F)cc1)c1ccc(COC(=O)C(C)(O)C(F)(F)F)cc1. The topological polar surface area (TPSA) is 93.1 Å². The molecule has 0 aliphatic carbocycles. The second-order valence-corrected chi connectivity index (χ2v) is 10.0. The maximum absolute atomic E-state index is 12.8. The van der Waals surface area contributed by atoms with Gasteiger partial charge in [0.05, 0.1) is 0 Å². The molecule has 2 N–H and O–H groups in total. The molecule has 0 fully saturated rings. The van der Waals surface area contributed by atoms with Crippen LogP contribution in [-0.4, -0.2) is 45.7 Å². The van der Waals surface area contributed by atoms with Crippen molar-refractivity contribution in [1.82, 2.24) is 0 Å². The maximum atomic E-state index is 12.8. The molecular formula is C28H32F6O6. The zero-order valence-corrected chi connectivity index (χ0v) is 22.4. The molecule has 2 aromatic rings. The molecule has 6 nitrogen and oxygen atoms in total. The van der Waals surface area contributed by atoms with Gasteiger partial charge >= 0.3 is 24.3 Å². The summed E-state index contributed by atoms with van der Waals surface area (Å²) in [6.07, 6.45) is -8.82. The van der Waals surface area contributed by atoms with E-state index in [0.717, 1.165) is 24.0 Å². The summed E-state index contributed by atoms with van der Waals surface area (Å²) < 4.78 is 85.8. The Morgan fingerprint density at radius 1 is 0.725 bits per heavy atom. The summed E-state index contributed by atoms with van der Waals surface area (Å²) in [5.74, 6) is -3.40. The molecular weight excluding hydrogens is 546 g/mol. The summed E-state index contributed by atoms with van der Waals surface area (Å²) in [6.45, 7) is 3.79. The molecule has 0 aromatic heterocycles. The summed E-state index contributed by atoms with van der Waals surface area (Å²) in [4.78, 5) is 23.3. The highest BCUT2D eigenvalue weighted by Gasteiger charge is 2.58. The largest absolute Gasteiger partial charge is 0.458 e. The molecule has 4 unspecified atom stereocenters. The number of benzene rings is 2. The van der Waals surface area contributed by atoms with Gasteiger partial charge in [0, 0.05) is 0 Å². The van der Waals surface area contributed by atoms with Gasteiger partial charge in [0.25, 0.3) is 11.2 Å². The molecule has 2 aromatic carbocycles. The van der Waals surface area contributed by atoms with E-state index in [1.54, 1.807) is 48.5 Å². The van der Waals surface area contributed by atoms with Crippen LogP contribution < -0.4 is 0 Å². The summed E-state index contributed by atoms with van der Waals surface area (Å²) in [7, 11) is 0. The molecule has 0 aliphatic heterocycles. The lowest BCUT2D eigenvalue weighted by atomic mass is 9.84. The molecule has 12 heteroatoms. The minimum absolute atomic E-state index is 0.0674. The van der Waals surface area contributed by atoms with Crippen molar-refractivity contribution in [2.45, 2.75) is 89.1 Å². The van der Waals surface area contributed by atoms with Gasteiger partial charge in [-0.05, 0) is 60.8 Å². The van der Waals surface area contributed by atoms with Gasteiger partial charge in [0.15, 0.2) is 0 Å². The lowest BCUT2D eigenvalue weighted by Gasteiger charge is -2.24. The number of alkyl halides is 6. The molecule has 0 spiro atoms. The van der Waals surface area contributed by atoms with Gasteiger partial charge in [-0.25, -0.2) is 9.59 Å². The number of aliphatic hydroxyl groups is 2. The van der Waals surface area contributed by atoms with Crippen LogP contribution in [0.3, 0.4) is 0 Å². The number of carbonyl (C=O) groups is 2. The first kappa shape index (κ1) is 33.1. The Balaban J connectivity index is 1.96. The van der Waals surface area contributed by atoms with Crippen LogP contribution in [0.2, 0.25) is 0 Å². The van der Waals surface area contributed by atoms with Crippen LogP contribution in [0.1, 0.15) is 74.6 Å². The average Bonchev–Trinajstić information content (AvgIpc) is 2.88. The Bertz CT molecular complexity index is 1140. The van der Waals surface area contributed by atoms with Crippen LogP contribution in [0.4, 0.5) is 26.3 Å². The van der Waals surface area contributed by atoms with E-state index in [-0.39, 0.29) is 11.8 Å². The number of rotatable bonds is 11. The summed E-state index contributed by atoms with van der Waals surface area (Å²) in [5.41, 5.74) is -4.41. The van der Waals surface area contributed by atoms with E-state index in [1.165, 1.54) is 0 Å². The Morgan fingerprint density at radius 2 is 1.07 bits per heavy atom. The minimum Gasteiger partial charge on any atom is -0.458 e. The molecule has 0 aliphatic rings. The first-order valence-electron chi connectivity index (χ1n) is 12.4. The van der Waals surface area contributed by atoms with Crippen molar-refractivity contribution < 1.29 is 55.6 Å². The third-order valence-corrected chi connectivity index (χ3v) is 6.77. The van der Waals surface area contributed by atoms with Gasteiger partial charge in [-0.1, -0.05) is 62.4 Å². The Morgan fingerprint density at radius 3 is 1.40 bits per heavy atom. The van der Waals surface area contributed by atoms with Gasteiger partial charge in [-0.2, -0.15) is 26.3 Å². The van der Waals surface area contributed by atoms with Crippen LogP contribution in [0.25, 0.3) is 0 Å². The van der Waals surface area contributed by atoms with Crippen LogP contribution in [0.5, 0.6) is 0 Å². The molecule has 0 heterocycles. The minimum atomic E-state index is -5.16. The fourth-order valence-corrected chi connectivity index (χ4v) is 3.74. The van der Waals surface area contributed by atoms with Gasteiger partial charge in [-0.15, -0.1) is 0 Å². The van der Waals surface area contributed by atoms with Crippen molar-refractivity contribution in [2.75, 3.05) is 0 Å². The number of halogens is 6. The summed E-state index contributed by atoms with van der Waals surface area (Å²) in [6, 6.07) is 13.6. The monoisotopic (exact) mass is 578 g/mol. The first-order chi connectivity index (χ1) is 18.3. The summed E-state index contributed by atoms with van der Waals surface area (Å²) >= 11 is 0. The van der Waals surface area contributed by atoms with Crippen LogP contribution >= 0.6 is 0 Å². The third-order valence-electron chi connectivity index (χ3n) is 6.77. The molecule has 222 valence electrons. The van der Waals surface area contributed by atoms with Gasteiger partial charge < -0.3 is 19.7 Å². The molecule has 2 rings (SSSR count). The highest BCUT2D eigenvalue weighted by Crippen LogP contribution is 2.34. The smallest absolute Gasteiger partial charge is 0.427 e. The highest BCUT2D eigenvalue weighted by atomic mass is 19.4. The van der Waals surface area contributed by atoms with Gasteiger partial charge in [0.1, 0.15) is 13.2 Å². The second-order valence-electron chi connectivity index (χ2n) is 10.0. The van der Waals surface area contributed by atoms with Gasteiger partial charge in [-0.3, -0.25) is 0 Å². The molecule has 40 heavy (non-hydrogen) atoms. The van der Waals surface area contributed by atoms with Crippen LogP contribution in [0, 0.1) is 0 Å². The van der Waals surface area contributed by atoms with E-state index in [0.29, 0.717) is 25.0 Å². The van der Waals surface area contributed by atoms with E-state index in [2.05, 4.69) is 9.47 Å².